The number of anilines is 3. The number of rotatable bonds is 6. The van der Waals surface area contributed by atoms with Crippen molar-refractivity contribution in [3.05, 3.63) is 66.4 Å². The summed E-state index contributed by atoms with van der Waals surface area (Å²) in [5, 5.41) is 11.0. The van der Waals surface area contributed by atoms with E-state index in [1.807, 2.05) is 12.1 Å². The summed E-state index contributed by atoms with van der Waals surface area (Å²) in [6.45, 7) is 3.87. The van der Waals surface area contributed by atoms with Crippen LogP contribution in [0.25, 0.3) is 16.8 Å². The van der Waals surface area contributed by atoms with Crippen LogP contribution in [0.5, 0.6) is 0 Å². The van der Waals surface area contributed by atoms with Crippen LogP contribution in [0.4, 0.5) is 21.7 Å². The van der Waals surface area contributed by atoms with Crippen LogP contribution >= 0.6 is 0 Å². The first-order valence-electron chi connectivity index (χ1n) is 12.6. The molecule has 37 heavy (non-hydrogen) atoms. The standard InChI is InChI=1S/C27H29FN8O/c1-16-10-18(29)15-35(14-16)25-8-9-30-13-24(25)33-27-31-12-20-5-7-23(34-36(20)27)21-11-17(2-6-22(21)28)26(37)32-19-3-4-19/h2,5-9,11-13,16,18-19H,3-4,10,14-15,29H2,1H3,(H,31,33)(H,32,37)/t16-,18+/m0/s1. The zero-order valence-electron chi connectivity index (χ0n) is 20.6. The number of carbonyl (C=O) groups excluding carboxylic acids is 1. The number of nitrogens with zero attached hydrogens (tertiary/aromatic N) is 5. The van der Waals surface area contributed by atoms with Crippen LogP contribution < -0.4 is 21.3 Å². The molecule has 190 valence electrons. The number of pyridine rings is 1. The van der Waals surface area contributed by atoms with Crippen molar-refractivity contribution in [1.29, 1.82) is 0 Å². The van der Waals surface area contributed by atoms with Crippen molar-refractivity contribution in [3.63, 3.8) is 0 Å². The smallest absolute Gasteiger partial charge is 0.251 e. The fraction of sp³-hybridized carbons (Fsp3) is 0.333. The first-order valence-corrected chi connectivity index (χ1v) is 12.6. The molecule has 1 saturated carbocycles. The summed E-state index contributed by atoms with van der Waals surface area (Å²) in [5.74, 6) is 0.307. The predicted octanol–water partition coefficient (Wildman–Crippen LogP) is 3.74. The zero-order valence-corrected chi connectivity index (χ0v) is 20.6. The number of piperidine rings is 1. The van der Waals surface area contributed by atoms with E-state index in [1.165, 1.54) is 12.1 Å². The lowest BCUT2D eigenvalue weighted by atomic mass is 9.96. The van der Waals surface area contributed by atoms with Gasteiger partial charge in [-0.2, -0.15) is 9.61 Å². The number of hydrogen-bond acceptors (Lipinski definition) is 7. The molecule has 2 atom stereocenters. The molecule has 4 heterocycles. The molecule has 0 unspecified atom stereocenters. The van der Waals surface area contributed by atoms with Crippen molar-refractivity contribution >= 4 is 28.7 Å². The Morgan fingerprint density at radius 3 is 2.81 bits per heavy atom. The van der Waals surface area contributed by atoms with Gasteiger partial charge in [0.05, 0.1) is 35.0 Å². The summed E-state index contributed by atoms with van der Waals surface area (Å²) in [4.78, 5) is 23.6. The molecule has 4 N–H and O–H groups in total. The third-order valence-electron chi connectivity index (χ3n) is 6.88. The molecule has 1 saturated heterocycles. The quantitative estimate of drug-likeness (QED) is 0.370. The van der Waals surface area contributed by atoms with Gasteiger partial charge in [-0.05, 0) is 61.6 Å². The Balaban J connectivity index is 1.32. The highest BCUT2D eigenvalue weighted by molar-refractivity contribution is 5.95. The number of amides is 1. The van der Waals surface area contributed by atoms with Crippen molar-refractivity contribution in [2.75, 3.05) is 23.3 Å². The minimum absolute atomic E-state index is 0.110. The Labute approximate surface area is 213 Å². The van der Waals surface area contributed by atoms with Gasteiger partial charge in [0.1, 0.15) is 5.82 Å². The summed E-state index contributed by atoms with van der Waals surface area (Å²) in [6.07, 6.45) is 8.19. The summed E-state index contributed by atoms with van der Waals surface area (Å²) >= 11 is 0. The van der Waals surface area contributed by atoms with Gasteiger partial charge in [0.2, 0.25) is 5.95 Å². The Morgan fingerprint density at radius 2 is 2.00 bits per heavy atom. The normalized spacial score (nSPS) is 19.7. The molecule has 1 aliphatic carbocycles. The van der Waals surface area contributed by atoms with Crippen LogP contribution in [-0.2, 0) is 0 Å². The Bertz CT molecular complexity index is 1460. The van der Waals surface area contributed by atoms with Crippen LogP contribution in [0.3, 0.4) is 0 Å². The van der Waals surface area contributed by atoms with E-state index >= 15 is 0 Å². The van der Waals surface area contributed by atoms with Gasteiger partial charge in [0.25, 0.3) is 5.91 Å². The Morgan fingerprint density at radius 1 is 1.14 bits per heavy atom. The van der Waals surface area contributed by atoms with Gasteiger partial charge in [0.15, 0.2) is 0 Å². The highest BCUT2D eigenvalue weighted by atomic mass is 19.1. The SMILES string of the molecule is C[C@H]1C[C@@H](N)CN(c2ccncc2Nc2ncc3ccc(-c4cc(C(=O)NC5CC5)ccc4F)nn23)C1. The number of carbonyl (C=O) groups is 1. The van der Waals surface area contributed by atoms with Crippen LogP contribution in [-0.4, -0.2) is 50.7 Å². The molecule has 2 aliphatic rings. The fourth-order valence-corrected chi connectivity index (χ4v) is 4.95. The maximum absolute atomic E-state index is 14.9. The van der Waals surface area contributed by atoms with E-state index in [0.29, 0.717) is 23.1 Å². The van der Waals surface area contributed by atoms with Crippen LogP contribution in [0, 0.1) is 11.7 Å². The summed E-state index contributed by atoms with van der Waals surface area (Å²) in [6, 6.07) is 10.2. The number of imidazole rings is 1. The molecule has 1 amide bonds. The molecule has 4 aromatic rings. The maximum atomic E-state index is 14.9. The van der Waals surface area contributed by atoms with Gasteiger partial charge in [-0.3, -0.25) is 9.78 Å². The minimum Gasteiger partial charge on any atom is -0.368 e. The number of benzene rings is 1. The molecule has 9 nitrogen and oxygen atoms in total. The number of halogens is 1. The minimum atomic E-state index is -0.449. The molecular weight excluding hydrogens is 471 g/mol. The first-order chi connectivity index (χ1) is 17.9. The molecule has 1 aliphatic heterocycles. The highest BCUT2D eigenvalue weighted by Crippen LogP contribution is 2.31. The predicted molar refractivity (Wildman–Crippen MR) is 140 cm³/mol. The largest absolute Gasteiger partial charge is 0.368 e. The molecule has 0 radical (unpaired) electrons. The average Bonchev–Trinajstić information content (AvgIpc) is 3.62. The van der Waals surface area contributed by atoms with E-state index in [4.69, 9.17) is 5.73 Å². The average molecular weight is 501 g/mol. The van der Waals surface area contributed by atoms with Gasteiger partial charge < -0.3 is 21.3 Å². The van der Waals surface area contributed by atoms with Gasteiger partial charge in [-0.25, -0.2) is 9.37 Å². The maximum Gasteiger partial charge on any atom is 0.251 e. The van der Waals surface area contributed by atoms with E-state index in [2.05, 4.69) is 37.5 Å². The molecule has 0 bridgehead atoms. The highest BCUT2D eigenvalue weighted by Gasteiger charge is 2.25. The monoisotopic (exact) mass is 500 g/mol. The Kier molecular flexibility index (Phi) is 5.96. The van der Waals surface area contributed by atoms with Crippen LogP contribution in [0.2, 0.25) is 0 Å². The number of aromatic nitrogens is 4. The molecule has 6 rings (SSSR count). The van der Waals surface area contributed by atoms with E-state index in [1.54, 1.807) is 35.2 Å². The number of nitrogens with one attached hydrogen (secondary N) is 2. The summed E-state index contributed by atoms with van der Waals surface area (Å²) < 4.78 is 16.5. The number of hydrogen-bond donors (Lipinski definition) is 3. The van der Waals surface area contributed by atoms with E-state index in [9.17, 15) is 9.18 Å². The lowest BCUT2D eigenvalue weighted by Gasteiger charge is -2.37. The lowest BCUT2D eigenvalue weighted by molar-refractivity contribution is 0.0951. The second-order valence-electron chi connectivity index (χ2n) is 10.1. The Hall–Kier alpha value is -4.05. The number of fused-ring (bicyclic) bond motifs is 1. The van der Waals surface area contributed by atoms with E-state index < -0.39 is 5.82 Å². The molecule has 2 fully saturated rings. The van der Waals surface area contributed by atoms with E-state index in [0.717, 1.165) is 49.2 Å². The van der Waals surface area contributed by atoms with Gasteiger partial charge in [-0.15, -0.1) is 0 Å². The fourth-order valence-electron chi connectivity index (χ4n) is 4.95. The van der Waals surface area contributed by atoms with Crippen molar-refractivity contribution in [2.24, 2.45) is 11.7 Å². The van der Waals surface area contributed by atoms with Gasteiger partial charge in [-0.1, -0.05) is 6.92 Å². The van der Waals surface area contributed by atoms with Gasteiger partial charge >= 0.3 is 0 Å². The number of nitrogens with two attached hydrogens (primary N) is 1. The third kappa shape index (κ3) is 4.84. The second-order valence-corrected chi connectivity index (χ2v) is 10.1. The van der Waals surface area contributed by atoms with Crippen LogP contribution in [0.1, 0.15) is 36.5 Å². The van der Waals surface area contributed by atoms with E-state index in [-0.39, 0.29) is 23.6 Å². The molecular formula is C27H29FN8O. The third-order valence-corrected chi connectivity index (χ3v) is 6.88. The second kappa shape index (κ2) is 9.44. The van der Waals surface area contributed by atoms with Gasteiger partial charge in [0, 0.05) is 42.5 Å². The van der Waals surface area contributed by atoms with Crippen molar-refractivity contribution in [1.82, 2.24) is 24.9 Å². The van der Waals surface area contributed by atoms with Crippen molar-refractivity contribution < 1.29 is 9.18 Å². The molecule has 1 aromatic carbocycles. The summed E-state index contributed by atoms with van der Waals surface area (Å²) in [5.41, 5.74) is 9.87. The molecule has 10 heteroatoms. The summed E-state index contributed by atoms with van der Waals surface area (Å²) in [7, 11) is 0. The van der Waals surface area contributed by atoms with Crippen molar-refractivity contribution in [2.45, 2.75) is 38.3 Å². The molecule has 0 spiro atoms. The van der Waals surface area contributed by atoms with Crippen molar-refractivity contribution in [3.8, 4) is 11.3 Å². The zero-order chi connectivity index (χ0) is 25.5. The first kappa shape index (κ1) is 23.4. The topological polar surface area (TPSA) is 113 Å². The molecule has 3 aromatic heterocycles. The van der Waals surface area contributed by atoms with Crippen LogP contribution in [0.15, 0.2) is 55.0 Å². The lowest BCUT2D eigenvalue weighted by Crippen LogP contribution is -2.46.